The maximum absolute atomic E-state index is 13.8. The maximum atomic E-state index is 13.8. The van der Waals surface area contributed by atoms with Crippen LogP contribution in [-0.4, -0.2) is 47.9 Å². The summed E-state index contributed by atoms with van der Waals surface area (Å²) >= 11 is 0. The van der Waals surface area contributed by atoms with Gasteiger partial charge in [0.1, 0.15) is 0 Å². The third-order valence-electron chi connectivity index (χ3n) is 6.11. The third-order valence-corrected chi connectivity index (χ3v) is 6.11. The molecule has 0 aromatic heterocycles. The fourth-order valence-corrected chi connectivity index (χ4v) is 4.32. The molecule has 1 aromatic carbocycles. The average Bonchev–Trinajstić information content (AvgIpc) is 3.08. The van der Waals surface area contributed by atoms with Crippen molar-refractivity contribution in [3.8, 4) is 0 Å². The van der Waals surface area contributed by atoms with Crippen LogP contribution in [-0.2, 0) is 15.1 Å². The number of likely N-dealkylation sites (tertiary alicyclic amines) is 1. The number of rotatable bonds is 7. The molecule has 0 unspecified atom stereocenters. The van der Waals surface area contributed by atoms with Gasteiger partial charge in [0.25, 0.3) is 0 Å². The van der Waals surface area contributed by atoms with Crippen LogP contribution in [0.4, 0.5) is 8.78 Å². The van der Waals surface area contributed by atoms with E-state index in [2.05, 4.69) is 0 Å². The lowest BCUT2D eigenvalue weighted by atomic mass is 9.80. The second-order valence-electron chi connectivity index (χ2n) is 7.96. The Morgan fingerprint density at radius 3 is 2.48 bits per heavy atom. The number of nitrogens with one attached hydrogen (secondary N) is 1. The number of halogens is 3. The quantitative estimate of drug-likeness (QED) is 0.353. The van der Waals surface area contributed by atoms with Crippen LogP contribution in [0.25, 0.3) is 0 Å². The van der Waals surface area contributed by atoms with Gasteiger partial charge < -0.3 is 14.7 Å². The molecular weight excluding hydrogens is 446 g/mol. The Hall–Kier alpha value is -1.54. The molecule has 0 radical (unpaired) electrons. The number of carbonyl (C=O) groups excluding carboxylic acids is 1. The number of alkyl halides is 2. The molecule has 1 aliphatic heterocycles. The predicted octanol–water partition coefficient (Wildman–Crippen LogP) is 4.14. The second-order valence-corrected chi connectivity index (χ2v) is 7.96. The fourth-order valence-electron chi connectivity index (χ4n) is 4.32. The molecule has 0 spiro atoms. The number of benzene rings is 1. The lowest BCUT2D eigenvalue weighted by molar-refractivity contribution is -0.175. The normalized spacial score (nSPS) is 23.7. The predicted molar refractivity (Wildman–Crippen MR) is 112 cm³/mol. The van der Waals surface area contributed by atoms with Crippen LogP contribution in [0, 0.1) is 17.2 Å². The molecule has 8 heteroatoms. The first kappa shape index (κ1) is 23.7. The standard InChI is InChI=1S/C21H28F2N2O3.BrH/c22-20(23)10-6-18(14-20)21(27,17-4-2-1-3-5-17)19(26)28-13-9-16-7-11-25(15-24)12-8-16;/h1-5,15-16,18,24,27H,6-14H2;1H/t18-,21+;/m1./s1. The van der Waals surface area contributed by atoms with Gasteiger partial charge in [-0.2, -0.15) is 0 Å². The first-order valence-electron chi connectivity index (χ1n) is 9.93. The molecule has 1 aromatic rings. The molecule has 1 saturated carbocycles. The minimum Gasteiger partial charge on any atom is -0.463 e. The van der Waals surface area contributed by atoms with Gasteiger partial charge >= 0.3 is 5.97 Å². The zero-order valence-electron chi connectivity index (χ0n) is 16.4. The molecule has 2 fully saturated rings. The Balaban J connectivity index is 0.00000300. The summed E-state index contributed by atoms with van der Waals surface area (Å²) in [6, 6.07) is 8.28. The highest BCUT2D eigenvalue weighted by Crippen LogP contribution is 2.47. The molecule has 0 amide bonds. The highest BCUT2D eigenvalue weighted by molar-refractivity contribution is 8.93. The van der Waals surface area contributed by atoms with Gasteiger partial charge in [-0.05, 0) is 37.2 Å². The number of ether oxygens (including phenoxy) is 1. The first-order chi connectivity index (χ1) is 13.3. The summed E-state index contributed by atoms with van der Waals surface area (Å²) in [6.45, 7) is 1.78. The number of aliphatic hydroxyl groups is 1. The summed E-state index contributed by atoms with van der Waals surface area (Å²) in [6.07, 6.45) is 3.09. The number of hydrogen-bond donors (Lipinski definition) is 2. The molecule has 1 heterocycles. The van der Waals surface area contributed by atoms with E-state index in [-0.39, 0.29) is 36.4 Å². The molecule has 3 rings (SSSR count). The van der Waals surface area contributed by atoms with Gasteiger partial charge in [-0.1, -0.05) is 30.3 Å². The van der Waals surface area contributed by atoms with Gasteiger partial charge in [0, 0.05) is 31.8 Å². The van der Waals surface area contributed by atoms with E-state index in [1.807, 2.05) is 4.90 Å². The van der Waals surface area contributed by atoms with E-state index in [0.717, 1.165) is 25.9 Å². The van der Waals surface area contributed by atoms with Crippen molar-refractivity contribution in [2.24, 2.45) is 11.8 Å². The van der Waals surface area contributed by atoms with Gasteiger partial charge in [0.15, 0.2) is 5.60 Å². The van der Waals surface area contributed by atoms with E-state index in [4.69, 9.17) is 10.1 Å². The summed E-state index contributed by atoms with van der Waals surface area (Å²) < 4.78 is 33.0. The van der Waals surface area contributed by atoms with Gasteiger partial charge in [0.05, 0.1) is 12.9 Å². The molecule has 2 atom stereocenters. The van der Waals surface area contributed by atoms with Crippen molar-refractivity contribution in [3.63, 3.8) is 0 Å². The number of esters is 1. The largest absolute Gasteiger partial charge is 0.463 e. The molecule has 1 saturated heterocycles. The Labute approximate surface area is 180 Å². The summed E-state index contributed by atoms with van der Waals surface area (Å²) in [5.74, 6) is -4.17. The Morgan fingerprint density at radius 2 is 1.93 bits per heavy atom. The van der Waals surface area contributed by atoms with E-state index in [1.54, 1.807) is 30.3 Å². The molecule has 0 bridgehead atoms. The first-order valence-corrected chi connectivity index (χ1v) is 9.93. The van der Waals surface area contributed by atoms with Crippen LogP contribution in [0.5, 0.6) is 0 Å². The smallest absolute Gasteiger partial charge is 0.343 e. The van der Waals surface area contributed by atoms with Crippen molar-refractivity contribution in [1.82, 2.24) is 4.90 Å². The van der Waals surface area contributed by atoms with Crippen LogP contribution in [0.15, 0.2) is 30.3 Å². The van der Waals surface area contributed by atoms with Crippen LogP contribution in [0.3, 0.4) is 0 Å². The Morgan fingerprint density at radius 1 is 1.28 bits per heavy atom. The zero-order valence-corrected chi connectivity index (χ0v) is 18.1. The highest BCUT2D eigenvalue weighted by atomic mass is 79.9. The summed E-state index contributed by atoms with van der Waals surface area (Å²) in [7, 11) is 0. The Kier molecular flexibility index (Phi) is 8.17. The molecule has 1 aliphatic carbocycles. The summed E-state index contributed by atoms with van der Waals surface area (Å²) in [4.78, 5) is 14.8. The molecule has 162 valence electrons. The lowest BCUT2D eigenvalue weighted by Gasteiger charge is -2.33. The SMILES string of the molecule is Br.N=CN1CCC(CCOC(=O)[C@](O)(c2ccccc2)[C@@H]2CCC(F)(F)C2)CC1. The van der Waals surface area contributed by atoms with E-state index in [9.17, 15) is 18.7 Å². The molecule has 29 heavy (non-hydrogen) atoms. The molecule has 2 N–H and O–H groups in total. The van der Waals surface area contributed by atoms with E-state index >= 15 is 0 Å². The van der Waals surface area contributed by atoms with Gasteiger partial charge in [0.2, 0.25) is 5.92 Å². The van der Waals surface area contributed by atoms with Crippen molar-refractivity contribution in [3.05, 3.63) is 35.9 Å². The summed E-state index contributed by atoms with van der Waals surface area (Å²) in [5.41, 5.74) is -1.74. The number of piperidine rings is 1. The molecule has 2 aliphatic rings. The van der Waals surface area contributed by atoms with Gasteiger partial charge in [-0.3, -0.25) is 5.41 Å². The fraction of sp³-hybridized carbons (Fsp3) is 0.619. The highest BCUT2D eigenvalue weighted by Gasteiger charge is 2.54. The van der Waals surface area contributed by atoms with Crippen LogP contribution < -0.4 is 0 Å². The van der Waals surface area contributed by atoms with Crippen LogP contribution in [0.1, 0.15) is 44.1 Å². The lowest BCUT2D eigenvalue weighted by Crippen LogP contribution is -2.44. The minimum absolute atomic E-state index is 0. The second kappa shape index (κ2) is 9.98. The van der Waals surface area contributed by atoms with Crippen molar-refractivity contribution in [1.29, 1.82) is 5.41 Å². The number of nitrogens with zero attached hydrogens (tertiary/aromatic N) is 1. The van der Waals surface area contributed by atoms with Crippen LogP contribution in [0.2, 0.25) is 0 Å². The minimum atomic E-state index is -2.86. The molecule has 5 nitrogen and oxygen atoms in total. The number of carbonyl (C=O) groups is 1. The monoisotopic (exact) mass is 474 g/mol. The topological polar surface area (TPSA) is 73.6 Å². The van der Waals surface area contributed by atoms with Crippen molar-refractivity contribution in [2.75, 3.05) is 19.7 Å². The van der Waals surface area contributed by atoms with Gasteiger partial charge in [-0.15, -0.1) is 17.0 Å². The van der Waals surface area contributed by atoms with E-state index in [1.165, 1.54) is 6.34 Å². The third kappa shape index (κ3) is 5.54. The van der Waals surface area contributed by atoms with Crippen molar-refractivity contribution < 1.29 is 23.4 Å². The van der Waals surface area contributed by atoms with Crippen LogP contribution >= 0.6 is 17.0 Å². The maximum Gasteiger partial charge on any atom is 0.343 e. The number of hydrogen-bond acceptors (Lipinski definition) is 4. The van der Waals surface area contributed by atoms with Crippen molar-refractivity contribution in [2.45, 2.75) is 50.0 Å². The zero-order chi connectivity index (χ0) is 20.2. The average molecular weight is 475 g/mol. The van der Waals surface area contributed by atoms with Gasteiger partial charge in [-0.25, -0.2) is 13.6 Å². The molecular formula is C21H29BrF2N2O3. The van der Waals surface area contributed by atoms with Crippen molar-refractivity contribution >= 4 is 29.3 Å². The van der Waals surface area contributed by atoms with E-state index in [0.29, 0.717) is 17.9 Å². The van der Waals surface area contributed by atoms with E-state index < -0.39 is 29.8 Å². The summed E-state index contributed by atoms with van der Waals surface area (Å²) in [5, 5.41) is 18.5. The Bertz CT molecular complexity index is 684.